The molecule has 0 spiro atoms. The Morgan fingerprint density at radius 1 is 1.50 bits per heavy atom. The highest BCUT2D eigenvalue weighted by atomic mass is 15.3. The highest BCUT2D eigenvalue weighted by molar-refractivity contribution is 5.19. The first-order valence-corrected chi connectivity index (χ1v) is 7.29. The molecular formula is C15H27N3. The third-order valence-electron chi connectivity index (χ3n) is 4.73. The maximum Gasteiger partial charge on any atom is 0.0641 e. The van der Waals surface area contributed by atoms with Crippen molar-refractivity contribution in [2.24, 2.45) is 18.9 Å². The number of aromatic nitrogens is 2. The molecule has 3 nitrogen and oxygen atoms in total. The van der Waals surface area contributed by atoms with Gasteiger partial charge in [-0.3, -0.25) is 4.68 Å². The van der Waals surface area contributed by atoms with E-state index >= 15 is 0 Å². The number of hydrogen-bond donors (Lipinski definition) is 1. The quantitative estimate of drug-likeness (QED) is 0.888. The van der Waals surface area contributed by atoms with Crippen LogP contribution < -0.4 is 5.32 Å². The van der Waals surface area contributed by atoms with Crippen molar-refractivity contribution in [1.29, 1.82) is 0 Å². The van der Waals surface area contributed by atoms with Crippen LogP contribution in [-0.4, -0.2) is 15.8 Å². The van der Waals surface area contributed by atoms with Crippen LogP contribution in [0, 0.1) is 18.8 Å². The molecule has 1 aliphatic rings. The van der Waals surface area contributed by atoms with Gasteiger partial charge in [-0.1, -0.05) is 20.3 Å². The minimum Gasteiger partial charge on any atom is -0.307 e. The first-order valence-electron chi connectivity index (χ1n) is 7.29. The Kier molecular flexibility index (Phi) is 4.10. The predicted octanol–water partition coefficient (Wildman–Crippen LogP) is 3.20. The van der Waals surface area contributed by atoms with Gasteiger partial charge < -0.3 is 5.32 Å². The van der Waals surface area contributed by atoms with E-state index < -0.39 is 0 Å². The fourth-order valence-electron chi connectivity index (χ4n) is 3.51. The summed E-state index contributed by atoms with van der Waals surface area (Å²) in [5, 5.41) is 8.24. The van der Waals surface area contributed by atoms with E-state index in [1.54, 1.807) is 0 Å². The molecule has 0 bridgehead atoms. The Bertz CT molecular complexity index is 396. The van der Waals surface area contributed by atoms with Crippen LogP contribution >= 0.6 is 0 Å². The summed E-state index contributed by atoms with van der Waals surface area (Å²) < 4.78 is 1.91. The maximum atomic E-state index is 4.43. The van der Waals surface area contributed by atoms with Gasteiger partial charge in [-0.2, -0.15) is 5.10 Å². The largest absolute Gasteiger partial charge is 0.307 e. The van der Waals surface area contributed by atoms with E-state index in [2.05, 4.69) is 44.3 Å². The lowest BCUT2D eigenvalue weighted by Gasteiger charge is -2.25. The van der Waals surface area contributed by atoms with E-state index in [4.69, 9.17) is 0 Å². The Morgan fingerprint density at radius 2 is 2.22 bits per heavy atom. The molecule has 0 amide bonds. The summed E-state index contributed by atoms with van der Waals surface area (Å²) in [4.78, 5) is 0. The number of rotatable bonds is 4. The summed E-state index contributed by atoms with van der Waals surface area (Å²) in [7, 11) is 1.99. The molecule has 102 valence electrons. The van der Waals surface area contributed by atoms with Crippen LogP contribution in [0.4, 0.5) is 0 Å². The van der Waals surface area contributed by atoms with Gasteiger partial charge in [0.05, 0.1) is 5.69 Å². The van der Waals surface area contributed by atoms with Crippen LogP contribution in [0.1, 0.15) is 57.3 Å². The van der Waals surface area contributed by atoms with Crippen molar-refractivity contribution in [3.63, 3.8) is 0 Å². The van der Waals surface area contributed by atoms with Crippen LogP contribution in [0.3, 0.4) is 0 Å². The van der Waals surface area contributed by atoms with Crippen molar-refractivity contribution < 1.29 is 0 Å². The van der Waals surface area contributed by atoms with E-state index in [0.717, 1.165) is 17.5 Å². The van der Waals surface area contributed by atoms with Crippen molar-refractivity contribution in [1.82, 2.24) is 15.1 Å². The Morgan fingerprint density at radius 3 is 2.72 bits per heavy atom. The summed E-state index contributed by atoms with van der Waals surface area (Å²) in [6.45, 7) is 9.08. The normalized spacial score (nSPS) is 29.7. The molecule has 1 fully saturated rings. The average molecular weight is 249 g/mol. The van der Waals surface area contributed by atoms with Crippen molar-refractivity contribution >= 4 is 0 Å². The van der Waals surface area contributed by atoms with Crippen LogP contribution in [0.25, 0.3) is 0 Å². The topological polar surface area (TPSA) is 29.9 Å². The highest BCUT2D eigenvalue weighted by Gasteiger charge is 2.32. The van der Waals surface area contributed by atoms with Gasteiger partial charge in [0.2, 0.25) is 0 Å². The fourth-order valence-corrected chi connectivity index (χ4v) is 3.51. The molecule has 1 aromatic rings. The van der Waals surface area contributed by atoms with Crippen LogP contribution in [0.5, 0.6) is 0 Å². The average Bonchev–Trinajstić information content (AvgIpc) is 2.83. The number of hydrogen-bond acceptors (Lipinski definition) is 2. The van der Waals surface area contributed by atoms with Gasteiger partial charge in [0.15, 0.2) is 0 Å². The molecular weight excluding hydrogens is 222 g/mol. The lowest BCUT2D eigenvalue weighted by Crippen LogP contribution is -2.34. The number of aryl methyl sites for hydroxylation is 2. The fraction of sp³-hybridized carbons (Fsp3) is 0.800. The Balaban J connectivity index is 2.00. The minimum atomic E-state index is 0.404. The Hall–Kier alpha value is -0.830. The van der Waals surface area contributed by atoms with Gasteiger partial charge in [-0.05, 0) is 38.5 Å². The second kappa shape index (κ2) is 5.43. The lowest BCUT2D eigenvalue weighted by atomic mass is 9.93. The molecule has 1 aliphatic carbocycles. The van der Waals surface area contributed by atoms with E-state index in [9.17, 15) is 0 Å². The zero-order chi connectivity index (χ0) is 13.3. The molecule has 1 saturated carbocycles. The van der Waals surface area contributed by atoms with Crippen LogP contribution in [0.2, 0.25) is 0 Å². The first kappa shape index (κ1) is 13.6. The van der Waals surface area contributed by atoms with Gasteiger partial charge in [-0.15, -0.1) is 0 Å². The predicted molar refractivity (Wildman–Crippen MR) is 75.5 cm³/mol. The van der Waals surface area contributed by atoms with Gasteiger partial charge in [0.1, 0.15) is 0 Å². The molecule has 4 atom stereocenters. The summed E-state index contributed by atoms with van der Waals surface area (Å²) in [6.07, 6.45) is 6.17. The van der Waals surface area contributed by atoms with E-state index in [1.807, 2.05) is 11.7 Å². The lowest BCUT2D eigenvalue weighted by molar-refractivity contribution is 0.327. The van der Waals surface area contributed by atoms with Crippen molar-refractivity contribution in [2.75, 3.05) is 0 Å². The summed E-state index contributed by atoms with van der Waals surface area (Å²) in [5.74, 6) is 1.71. The molecule has 4 unspecified atom stereocenters. The van der Waals surface area contributed by atoms with E-state index in [1.165, 1.54) is 24.8 Å². The smallest absolute Gasteiger partial charge is 0.0641 e. The number of nitrogens with one attached hydrogen (secondary N) is 1. The van der Waals surface area contributed by atoms with Gasteiger partial charge >= 0.3 is 0 Å². The third-order valence-corrected chi connectivity index (χ3v) is 4.73. The van der Waals surface area contributed by atoms with Crippen molar-refractivity contribution in [3.05, 3.63) is 17.5 Å². The molecule has 1 aromatic heterocycles. The SMILES string of the molecule is CCC1CCC(NC(C)c2cn(C)nc2C)C1C. The first-order chi connectivity index (χ1) is 8.52. The molecule has 3 heteroatoms. The van der Waals surface area contributed by atoms with Gasteiger partial charge in [0, 0.05) is 30.9 Å². The zero-order valence-electron chi connectivity index (χ0n) is 12.4. The Labute approximate surface area is 111 Å². The molecule has 0 aromatic carbocycles. The highest BCUT2D eigenvalue weighted by Crippen LogP contribution is 2.35. The van der Waals surface area contributed by atoms with Crippen LogP contribution in [0.15, 0.2) is 6.20 Å². The standard InChI is InChI=1S/C15H27N3/c1-6-13-7-8-15(10(13)2)16-11(3)14-9-18(5)17-12(14)4/h9-11,13,15-16H,6-8H2,1-5H3. The molecule has 1 N–H and O–H groups in total. The third kappa shape index (κ3) is 2.61. The molecule has 0 radical (unpaired) electrons. The van der Waals surface area contributed by atoms with Gasteiger partial charge in [-0.25, -0.2) is 0 Å². The summed E-state index contributed by atoms with van der Waals surface area (Å²) >= 11 is 0. The maximum absolute atomic E-state index is 4.43. The zero-order valence-corrected chi connectivity index (χ0v) is 12.4. The summed E-state index contributed by atoms with van der Waals surface area (Å²) in [5.41, 5.74) is 2.49. The van der Waals surface area contributed by atoms with Gasteiger partial charge in [0.25, 0.3) is 0 Å². The minimum absolute atomic E-state index is 0.404. The van der Waals surface area contributed by atoms with E-state index in [-0.39, 0.29) is 0 Å². The molecule has 2 rings (SSSR count). The summed E-state index contributed by atoms with van der Waals surface area (Å²) in [6, 6.07) is 1.08. The molecule has 0 aliphatic heterocycles. The molecule has 0 saturated heterocycles. The van der Waals surface area contributed by atoms with Crippen molar-refractivity contribution in [2.45, 2.75) is 59.0 Å². The van der Waals surface area contributed by atoms with Crippen LogP contribution in [-0.2, 0) is 7.05 Å². The number of nitrogens with zero attached hydrogens (tertiary/aromatic N) is 2. The van der Waals surface area contributed by atoms with E-state index in [0.29, 0.717) is 12.1 Å². The second-order valence-corrected chi connectivity index (χ2v) is 5.94. The molecule has 18 heavy (non-hydrogen) atoms. The monoisotopic (exact) mass is 249 g/mol. The molecule has 1 heterocycles. The van der Waals surface area contributed by atoms with Crippen molar-refractivity contribution in [3.8, 4) is 0 Å². The second-order valence-electron chi connectivity index (χ2n) is 5.94.